The van der Waals surface area contributed by atoms with Gasteiger partial charge in [0.05, 0.1) is 12.9 Å². The van der Waals surface area contributed by atoms with Gasteiger partial charge in [0.25, 0.3) is 0 Å². The third-order valence-corrected chi connectivity index (χ3v) is 13.0. The second-order valence-electron chi connectivity index (χ2n) is 15.0. The molecule has 5 rings (SSSR count). The van der Waals surface area contributed by atoms with E-state index in [1.165, 1.54) is 0 Å². The summed E-state index contributed by atoms with van der Waals surface area (Å²) in [5.41, 5.74) is -3.14. The lowest BCUT2D eigenvalue weighted by Gasteiger charge is -2.70. The summed E-state index contributed by atoms with van der Waals surface area (Å²) in [6.07, 6.45) is 1.21. The summed E-state index contributed by atoms with van der Waals surface area (Å²) in [6.45, 7) is 13.6. The molecule has 8 heteroatoms. The minimum absolute atomic E-state index is 0.0401. The van der Waals surface area contributed by atoms with Gasteiger partial charge < -0.3 is 5.11 Å². The molecule has 4 saturated carbocycles. The predicted molar refractivity (Wildman–Crippen MR) is 143 cm³/mol. The first-order valence-electron chi connectivity index (χ1n) is 15.5. The fourth-order valence-electron chi connectivity index (χ4n) is 10.1. The molecule has 0 saturated heterocycles. The number of carbonyl (C=O) groups excluding carboxylic acids is 1. The van der Waals surface area contributed by atoms with Gasteiger partial charge in [-0.1, -0.05) is 47.1 Å². The summed E-state index contributed by atoms with van der Waals surface area (Å²) < 4.78 is 65.0. The second kappa shape index (κ2) is 8.16. The standard InChI is InChI=1S/C30H46O7S/c1-25(2)21-8-11-30(7)23(28(21,5)10-9-22(25)37-38(34,35)36)20(31)16-18-19-17-27(4,24(32)33)13-12-26(19,3)14-15-29(18,30)6/h16,19,21-23H,8-15,17H2,1-7H3,(H,32,33)(H,34,35,36)/t19-,21-,22+,23+,26+,27-,28-,29+,30+/m0/s1/i9D2,22D. The second-order valence-corrected chi connectivity index (χ2v) is 16.0. The molecule has 0 radical (unpaired) electrons. The molecule has 0 spiro atoms. The predicted octanol–water partition coefficient (Wildman–Crippen LogP) is 6.24. The van der Waals surface area contributed by atoms with Crippen molar-refractivity contribution < 1.29 is 36.0 Å². The molecule has 0 amide bonds. The van der Waals surface area contributed by atoms with Crippen molar-refractivity contribution in [3.63, 3.8) is 0 Å². The normalized spacial score (nSPS) is 54.5. The molecule has 5 aliphatic rings. The number of carboxylic acids is 1. The fraction of sp³-hybridized carbons (Fsp3) is 0.867. The molecule has 0 aromatic heterocycles. The highest BCUT2D eigenvalue weighted by Crippen LogP contribution is 2.75. The Morgan fingerprint density at radius 3 is 2.29 bits per heavy atom. The number of carboxylic acid groups (broad SMARTS) is 1. The quantitative estimate of drug-likeness (QED) is 0.397. The molecule has 214 valence electrons. The number of ketones is 1. The Morgan fingerprint density at radius 2 is 1.68 bits per heavy atom. The third kappa shape index (κ3) is 3.68. The largest absolute Gasteiger partial charge is 0.481 e. The van der Waals surface area contributed by atoms with Crippen LogP contribution in [-0.2, 0) is 24.2 Å². The Bertz CT molecular complexity index is 1350. The molecule has 0 aliphatic heterocycles. The third-order valence-electron chi connectivity index (χ3n) is 12.6. The maximum absolute atomic E-state index is 14.4. The van der Waals surface area contributed by atoms with E-state index in [-0.39, 0.29) is 23.5 Å². The lowest BCUT2D eigenvalue weighted by Crippen LogP contribution is -2.66. The van der Waals surface area contributed by atoms with Crippen LogP contribution in [0.4, 0.5) is 0 Å². The van der Waals surface area contributed by atoms with Crippen LogP contribution in [0.25, 0.3) is 0 Å². The topological polar surface area (TPSA) is 118 Å². The maximum Gasteiger partial charge on any atom is 0.397 e. The lowest BCUT2D eigenvalue weighted by atomic mass is 9.33. The molecule has 2 N–H and O–H groups in total. The van der Waals surface area contributed by atoms with Crippen molar-refractivity contribution in [2.24, 2.45) is 50.2 Å². The monoisotopic (exact) mass is 553 g/mol. The van der Waals surface area contributed by atoms with Crippen LogP contribution < -0.4 is 0 Å². The highest BCUT2D eigenvalue weighted by Gasteiger charge is 2.70. The molecule has 38 heavy (non-hydrogen) atoms. The van der Waals surface area contributed by atoms with Gasteiger partial charge in [0.15, 0.2) is 5.78 Å². The highest BCUT2D eigenvalue weighted by molar-refractivity contribution is 7.80. The van der Waals surface area contributed by atoms with Crippen molar-refractivity contribution in [2.75, 3.05) is 0 Å². The number of fused-ring (bicyclic) bond motifs is 7. The first-order valence-corrected chi connectivity index (χ1v) is 15.4. The van der Waals surface area contributed by atoms with Gasteiger partial charge in [0.2, 0.25) is 0 Å². The summed E-state index contributed by atoms with van der Waals surface area (Å²) in [5.74, 6) is -1.94. The number of rotatable bonds is 3. The molecule has 0 aromatic rings. The van der Waals surface area contributed by atoms with E-state index in [1.807, 2.05) is 13.8 Å². The van der Waals surface area contributed by atoms with Crippen LogP contribution >= 0.6 is 0 Å². The minimum Gasteiger partial charge on any atom is -0.481 e. The van der Waals surface area contributed by atoms with Crippen molar-refractivity contribution >= 4 is 22.2 Å². The molecular formula is C30H46O7S. The zero-order valence-corrected chi connectivity index (χ0v) is 24.6. The van der Waals surface area contributed by atoms with Gasteiger partial charge in [0, 0.05) is 8.66 Å². The Hall–Kier alpha value is -1.25. The van der Waals surface area contributed by atoms with E-state index < -0.39 is 67.7 Å². The molecular weight excluding hydrogens is 504 g/mol. The summed E-state index contributed by atoms with van der Waals surface area (Å²) in [6, 6.07) is 0. The van der Waals surface area contributed by atoms with Gasteiger partial charge in [-0.3, -0.25) is 14.1 Å². The van der Waals surface area contributed by atoms with Crippen LogP contribution in [0.15, 0.2) is 11.6 Å². The molecule has 4 fully saturated rings. The molecule has 9 atom stereocenters. The number of hydrogen-bond donors (Lipinski definition) is 2. The van der Waals surface area contributed by atoms with Gasteiger partial charge in [-0.05, 0) is 110 Å². The first kappa shape index (κ1) is 24.5. The lowest BCUT2D eigenvalue weighted by molar-refractivity contribution is -0.199. The number of allylic oxidation sites excluding steroid dienone is 2. The van der Waals surface area contributed by atoms with Crippen molar-refractivity contribution in [1.29, 1.82) is 0 Å². The summed E-state index contributed by atoms with van der Waals surface area (Å²) in [5, 5.41) is 10.1. The van der Waals surface area contributed by atoms with Gasteiger partial charge in [-0.15, -0.1) is 0 Å². The Labute approximate surface area is 232 Å². The Balaban J connectivity index is 1.64. The van der Waals surface area contributed by atoms with E-state index >= 15 is 0 Å². The smallest absolute Gasteiger partial charge is 0.397 e. The molecule has 0 bridgehead atoms. The van der Waals surface area contributed by atoms with Gasteiger partial charge in [-0.25, -0.2) is 4.18 Å². The minimum atomic E-state index is -5.13. The van der Waals surface area contributed by atoms with Crippen molar-refractivity contribution in [3.05, 3.63) is 11.6 Å². The van der Waals surface area contributed by atoms with Crippen LogP contribution in [0.3, 0.4) is 0 Å². The maximum atomic E-state index is 14.4. The van der Waals surface area contributed by atoms with E-state index in [2.05, 4.69) is 20.8 Å². The average molecular weight is 554 g/mol. The number of aliphatic carboxylic acids is 1. The molecule has 5 aliphatic carbocycles. The number of carbonyl (C=O) groups is 2. The van der Waals surface area contributed by atoms with E-state index in [0.717, 1.165) is 24.8 Å². The van der Waals surface area contributed by atoms with E-state index in [9.17, 15) is 27.7 Å². The average Bonchev–Trinajstić information content (AvgIpc) is 2.79. The molecule has 0 aromatic carbocycles. The van der Waals surface area contributed by atoms with Gasteiger partial charge in [-0.2, -0.15) is 8.42 Å². The van der Waals surface area contributed by atoms with Crippen LogP contribution in [0, 0.1) is 50.2 Å². The number of hydrogen-bond acceptors (Lipinski definition) is 5. The Kier molecular flexibility index (Phi) is 5.27. The van der Waals surface area contributed by atoms with Crippen LogP contribution in [-0.4, -0.2) is 35.9 Å². The first-order chi connectivity index (χ1) is 18.3. The van der Waals surface area contributed by atoms with Crippen molar-refractivity contribution in [3.8, 4) is 0 Å². The molecule has 0 unspecified atom stereocenters. The Morgan fingerprint density at radius 1 is 1.05 bits per heavy atom. The van der Waals surface area contributed by atoms with Crippen LogP contribution in [0.1, 0.15) is 110 Å². The van der Waals surface area contributed by atoms with Crippen LogP contribution in [0.2, 0.25) is 0 Å². The summed E-state index contributed by atoms with van der Waals surface area (Å²) in [7, 11) is -5.13. The van der Waals surface area contributed by atoms with E-state index in [4.69, 9.17) is 8.30 Å². The zero-order valence-electron chi connectivity index (χ0n) is 26.8. The van der Waals surface area contributed by atoms with E-state index in [1.54, 1.807) is 19.9 Å². The summed E-state index contributed by atoms with van der Waals surface area (Å²) in [4.78, 5) is 26.8. The highest BCUT2D eigenvalue weighted by atomic mass is 32.3. The van der Waals surface area contributed by atoms with Gasteiger partial charge in [0.1, 0.15) is 0 Å². The SMILES string of the molecule is [2H]C1([2H])C[C@]2(C)[C@H]3C(=O)C=C4[C@@H]5C[C@@](C)(C(=O)O)CC[C@]5(C)CC[C@@]4(C)[C@]3(C)CC[C@H]2C(C)(C)[C@]1([2H])OS(=O)(=O)O. The van der Waals surface area contributed by atoms with Gasteiger partial charge >= 0.3 is 16.4 Å². The zero-order chi connectivity index (χ0) is 31.0. The fourth-order valence-corrected chi connectivity index (χ4v) is 10.6. The molecule has 7 nitrogen and oxygen atoms in total. The summed E-state index contributed by atoms with van der Waals surface area (Å²) >= 11 is 0. The van der Waals surface area contributed by atoms with Crippen LogP contribution in [0.5, 0.6) is 0 Å². The van der Waals surface area contributed by atoms with Crippen molar-refractivity contribution in [2.45, 2.75) is 112 Å². The van der Waals surface area contributed by atoms with E-state index in [0.29, 0.717) is 25.7 Å². The van der Waals surface area contributed by atoms with Crippen molar-refractivity contribution in [1.82, 2.24) is 0 Å². The molecule has 0 heterocycles.